The monoisotopic (exact) mass is 690 g/mol. The summed E-state index contributed by atoms with van der Waals surface area (Å²) in [6.45, 7) is 0. The van der Waals surface area contributed by atoms with Crippen molar-refractivity contribution in [1.29, 1.82) is 0 Å². The molecule has 0 atom stereocenters. The maximum atomic E-state index is 6.98. The second-order valence-electron chi connectivity index (χ2n) is 13.6. The van der Waals surface area contributed by atoms with E-state index in [1.165, 1.54) is 21.5 Å². The molecule has 0 aliphatic carbocycles. The molecule has 11 aromatic rings. The summed E-state index contributed by atoms with van der Waals surface area (Å²) in [4.78, 5) is 14.9. The molecule has 0 fully saturated rings. The second-order valence-corrected chi connectivity index (χ2v) is 13.6. The van der Waals surface area contributed by atoms with Crippen LogP contribution >= 0.6 is 0 Å². The van der Waals surface area contributed by atoms with Crippen molar-refractivity contribution < 1.29 is 4.42 Å². The fourth-order valence-electron chi connectivity index (χ4n) is 7.97. The van der Waals surface area contributed by atoms with Crippen LogP contribution in [0.5, 0.6) is 0 Å². The van der Waals surface area contributed by atoms with Crippen LogP contribution < -0.4 is 0 Å². The summed E-state index contributed by atoms with van der Waals surface area (Å²) in [5.74, 6) is 1.83. The first-order valence-corrected chi connectivity index (χ1v) is 18.1. The SMILES string of the molecule is c1ccc(-c2nc(-c3ccccc3)nc(-c3ccc4c(c3)oc3c(-c5ccccc5)ccc(-n5c6ccccc6c6c7ccccc7ccc65)c34)n2)cc1. The Hall–Kier alpha value is -7.37. The first kappa shape index (κ1) is 30.3. The van der Waals surface area contributed by atoms with Gasteiger partial charge in [0.2, 0.25) is 0 Å². The van der Waals surface area contributed by atoms with Crippen molar-refractivity contribution in [2.45, 2.75) is 0 Å². The average Bonchev–Trinajstić information content (AvgIpc) is 3.80. The Bertz CT molecular complexity index is 3140. The van der Waals surface area contributed by atoms with Crippen molar-refractivity contribution in [2.75, 3.05) is 0 Å². The molecule has 0 aliphatic heterocycles. The third kappa shape index (κ3) is 4.76. The Balaban J connectivity index is 1.19. The van der Waals surface area contributed by atoms with E-state index < -0.39 is 0 Å². The lowest BCUT2D eigenvalue weighted by Crippen LogP contribution is -2.00. The van der Waals surface area contributed by atoms with Gasteiger partial charge >= 0.3 is 0 Å². The minimum absolute atomic E-state index is 0.586. The third-order valence-corrected chi connectivity index (χ3v) is 10.4. The van der Waals surface area contributed by atoms with Gasteiger partial charge in [-0.2, -0.15) is 0 Å². The van der Waals surface area contributed by atoms with Crippen LogP contribution in [0.3, 0.4) is 0 Å². The lowest BCUT2D eigenvalue weighted by atomic mass is 10.0. The highest BCUT2D eigenvalue weighted by Gasteiger charge is 2.22. The van der Waals surface area contributed by atoms with Crippen LogP contribution in [0, 0.1) is 0 Å². The molecule has 0 bridgehead atoms. The number of benzene rings is 8. The number of fused-ring (bicyclic) bond motifs is 8. The van der Waals surface area contributed by atoms with Gasteiger partial charge in [-0.25, -0.2) is 15.0 Å². The van der Waals surface area contributed by atoms with Gasteiger partial charge in [-0.1, -0.05) is 146 Å². The number of hydrogen-bond donors (Lipinski definition) is 0. The number of furan rings is 1. The van der Waals surface area contributed by atoms with E-state index in [0.29, 0.717) is 17.5 Å². The number of hydrogen-bond acceptors (Lipinski definition) is 4. The lowest BCUT2D eigenvalue weighted by molar-refractivity contribution is 0.670. The zero-order valence-corrected chi connectivity index (χ0v) is 29.0. The predicted molar refractivity (Wildman–Crippen MR) is 221 cm³/mol. The molecule has 11 rings (SSSR count). The highest BCUT2D eigenvalue weighted by Crippen LogP contribution is 2.44. The second kappa shape index (κ2) is 12.1. The largest absolute Gasteiger partial charge is 0.455 e. The molecule has 54 heavy (non-hydrogen) atoms. The van der Waals surface area contributed by atoms with Crippen molar-refractivity contribution in [3.63, 3.8) is 0 Å². The average molecular weight is 691 g/mol. The van der Waals surface area contributed by atoms with Crippen molar-refractivity contribution in [3.05, 3.63) is 182 Å². The van der Waals surface area contributed by atoms with Crippen LogP contribution in [0.1, 0.15) is 0 Å². The lowest BCUT2D eigenvalue weighted by Gasteiger charge is -2.12. The fourth-order valence-corrected chi connectivity index (χ4v) is 7.97. The summed E-state index contributed by atoms with van der Waals surface area (Å²) in [6, 6.07) is 63.2. The molecular weight excluding hydrogens is 661 g/mol. The van der Waals surface area contributed by atoms with Gasteiger partial charge in [0.15, 0.2) is 17.5 Å². The Labute approximate surface area is 310 Å². The normalized spacial score (nSPS) is 11.7. The quantitative estimate of drug-likeness (QED) is 0.180. The van der Waals surface area contributed by atoms with Crippen LogP contribution in [0.25, 0.3) is 105 Å². The van der Waals surface area contributed by atoms with E-state index in [1.807, 2.05) is 66.7 Å². The Morgan fingerprint density at radius 2 is 0.981 bits per heavy atom. The van der Waals surface area contributed by atoms with Gasteiger partial charge in [0.05, 0.1) is 22.1 Å². The first-order chi connectivity index (χ1) is 26.8. The van der Waals surface area contributed by atoms with Crippen LogP contribution in [-0.2, 0) is 0 Å². The molecule has 0 aliphatic rings. The van der Waals surface area contributed by atoms with Crippen molar-refractivity contribution in [2.24, 2.45) is 0 Å². The van der Waals surface area contributed by atoms with E-state index >= 15 is 0 Å². The molecule has 0 saturated carbocycles. The molecule has 3 aromatic heterocycles. The molecule has 0 amide bonds. The minimum Gasteiger partial charge on any atom is -0.455 e. The van der Waals surface area contributed by atoms with Gasteiger partial charge in [-0.3, -0.25) is 0 Å². The molecule has 8 aromatic carbocycles. The predicted octanol–water partition coefficient (Wildman–Crippen LogP) is 12.7. The fraction of sp³-hybridized carbons (Fsp3) is 0. The van der Waals surface area contributed by atoms with Crippen molar-refractivity contribution in [3.8, 4) is 51.0 Å². The van der Waals surface area contributed by atoms with E-state index in [2.05, 4.69) is 120 Å². The molecule has 0 spiro atoms. The molecule has 252 valence electrons. The molecule has 3 heterocycles. The summed E-state index contributed by atoms with van der Waals surface area (Å²) >= 11 is 0. The summed E-state index contributed by atoms with van der Waals surface area (Å²) in [5, 5.41) is 7.01. The minimum atomic E-state index is 0.586. The van der Waals surface area contributed by atoms with Gasteiger partial charge in [-0.15, -0.1) is 0 Å². The number of para-hydroxylation sites is 1. The Morgan fingerprint density at radius 1 is 0.389 bits per heavy atom. The maximum Gasteiger partial charge on any atom is 0.164 e. The third-order valence-electron chi connectivity index (χ3n) is 10.4. The molecule has 5 heteroatoms. The van der Waals surface area contributed by atoms with E-state index in [9.17, 15) is 0 Å². The smallest absolute Gasteiger partial charge is 0.164 e. The number of aromatic nitrogens is 4. The highest BCUT2D eigenvalue weighted by molar-refractivity contribution is 6.23. The zero-order chi connectivity index (χ0) is 35.6. The van der Waals surface area contributed by atoms with E-state index in [0.717, 1.165) is 66.5 Å². The first-order valence-electron chi connectivity index (χ1n) is 18.1. The van der Waals surface area contributed by atoms with Crippen LogP contribution in [-0.4, -0.2) is 19.5 Å². The molecule has 0 unspecified atom stereocenters. The summed E-state index contributed by atoms with van der Waals surface area (Å²) in [5.41, 5.74) is 9.82. The Kier molecular flexibility index (Phi) is 6.79. The van der Waals surface area contributed by atoms with Gasteiger partial charge < -0.3 is 8.98 Å². The van der Waals surface area contributed by atoms with Crippen LogP contribution in [0.2, 0.25) is 0 Å². The van der Waals surface area contributed by atoms with E-state index in [-0.39, 0.29) is 0 Å². The molecule has 5 nitrogen and oxygen atoms in total. The Morgan fingerprint density at radius 3 is 1.69 bits per heavy atom. The summed E-state index contributed by atoms with van der Waals surface area (Å²) < 4.78 is 9.38. The number of nitrogens with zero attached hydrogens (tertiary/aromatic N) is 4. The standard InChI is InChI=1S/C49H30N4O/c1-4-14-31(15-5-1)37-27-29-42(53-40-23-13-12-22-38(40)44-36-21-11-10-16-32(36)25-28-41(44)53)45-39-26-24-35(30-43(39)54-46(37)45)49-51-47(33-17-6-2-7-18-33)50-48(52-49)34-19-8-3-9-20-34/h1-30H. The number of rotatable bonds is 5. The van der Waals surface area contributed by atoms with Gasteiger partial charge in [0.1, 0.15) is 11.2 Å². The maximum absolute atomic E-state index is 6.98. The molecular formula is C49H30N4O. The van der Waals surface area contributed by atoms with Gasteiger partial charge in [0.25, 0.3) is 0 Å². The van der Waals surface area contributed by atoms with Crippen LogP contribution in [0.15, 0.2) is 186 Å². The highest BCUT2D eigenvalue weighted by atomic mass is 16.3. The molecule has 0 N–H and O–H groups in total. The van der Waals surface area contributed by atoms with Gasteiger partial charge in [0, 0.05) is 38.4 Å². The van der Waals surface area contributed by atoms with Crippen molar-refractivity contribution in [1.82, 2.24) is 19.5 Å². The molecule has 0 radical (unpaired) electrons. The zero-order valence-electron chi connectivity index (χ0n) is 29.0. The molecule has 0 saturated heterocycles. The van der Waals surface area contributed by atoms with E-state index in [1.54, 1.807) is 0 Å². The summed E-state index contributed by atoms with van der Waals surface area (Å²) in [6.07, 6.45) is 0. The topological polar surface area (TPSA) is 56.7 Å². The van der Waals surface area contributed by atoms with Crippen molar-refractivity contribution >= 4 is 54.5 Å². The summed E-state index contributed by atoms with van der Waals surface area (Å²) in [7, 11) is 0. The van der Waals surface area contributed by atoms with Gasteiger partial charge in [-0.05, 0) is 52.7 Å². The van der Waals surface area contributed by atoms with E-state index in [4.69, 9.17) is 19.4 Å². The van der Waals surface area contributed by atoms with Crippen LogP contribution in [0.4, 0.5) is 0 Å².